The maximum atomic E-state index is 12.7. The summed E-state index contributed by atoms with van der Waals surface area (Å²) in [5, 5.41) is 5.71. The van der Waals surface area contributed by atoms with Crippen molar-refractivity contribution in [3.63, 3.8) is 0 Å². The Balaban J connectivity index is 1.48. The Bertz CT molecular complexity index is 939. The SMILES string of the molecule is CC(=O)N1C[C@@H](C(=O)Nc2cccc(C(=O)NC3CC3)c2)Oc2ccccc21. The van der Waals surface area contributed by atoms with Gasteiger partial charge < -0.3 is 20.3 Å². The van der Waals surface area contributed by atoms with Crippen molar-refractivity contribution in [3.05, 3.63) is 54.1 Å². The van der Waals surface area contributed by atoms with E-state index in [1.807, 2.05) is 6.07 Å². The van der Waals surface area contributed by atoms with Gasteiger partial charge in [0.05, 0.1) is 12.2 Å². The van der Waals surface area contributed by atoms with E-state index in [1.54, 1.807) is 42.5 Å². The fourth-order valence-corrected chi connectivity index (χ4v) is 3.13. The quantitative estimate of drug-likeness (QED) is 0.854. The van der Waals surface area contributed by atoms with Crippen LogP contribution >= 0.6 is 0 Å². The Morgan fingerprint density at radius 3 is 2.61 bits per heavy atom. The Hall–Kier alpha value is -3.35. The third kappa shape index (κ3) is 3.83. The number of rotatable bonds is 4. The molecule has 0 aromatic heterocycles. The highest BCUT2D eigenvalue weighted by molar-refractivity contribution is 6.01. The second-order valence-corrected chi connectivity index (χ2v) is 7.02. The molecule has 1 saturated carbocycles. The minimum absolute atomic E-state index is 0.125. The van der Waals surface area contributed by atoms with Crippen LogP contribution in [0.1, 0.15) is 30.1 Å². The van der Waals surface area contributed by atoms with Gasteiger partial charge in [0.25, 0.3) is 11.8 Å². The minimum Gasteiger partial charge on any atom is -0.476 e. The molecule has 0 bridgehead atoms. The summed E-state index contributed by atoms with van der Waals surface area (Å²) >= 11 is 0. The summed E-state index contributed by atoms with van der Waals surface area (Å²) in [6, 6.07) is 14.2. The molecule has 0 unspecified atom stereocenters. The predicted molar refractivity (Wildman–Crippen MR) is 104 cm³/mol. The van der Waals surface area contributed by atoms with Crippen LogP contribution < -0.4 is 20.3 Å². The first kappa shape index (κ1) is 18.0. The zero-order valence-electron chi connectivity index (χ0n) is 15.5. The van der Waals surface area contributed by atoms with Crippen LogP contribution in [-0.4, -0.2) is 36.4 Å². The molecule has 28 heavy (non-hydrogen) atoms. The van der Waals surface area contributed by atoms with E-state index in [0.717, 1.165) is 12.8 Å². The molecule has 2 N–H and O–H groups in total. The molecule has 2 aromatic carbocycles. The van der Waals surface area contributed by atoms with Crippen LogP contribution in [0.4, 0.5) is 11.4 Å². The van der Waals surface area contributed by atoms with E-state index in [4.69, 9.17) is 4.74 Å². The lowest BCUT2D eigenvalue weighted by Crippen LogP contribution is -2.48. The molecule has 4 rings (SSSR count). The van der Waals surface area contributed by atoms with Crippen LogP contribution in [0.3, 0.4) is 0 Å². The van der Waals surface area contributed by atoms with Crippen LogP contribution in [0.25, 0.3) is 0 Å². The monoisotopic (exact) mass is 379 g/mol. The second kappa shape index (κ2) is 7.34. The molecule has 144 valence electrons. The molecule has 1 atom stereocenters. The predicted octanol–water partition coefficient (Wildman–Crippen LogP) is 2.33. The van der Waals surface area contributed by atoms with Crippen molar-refractivity contribution in [2.75, 3.05) is 16.8 Å². The highest BCUT2D eigenvalue weighted by Gasteiger charge is 2.32. The summed E-state index contributed by atoms with van der Waals surface area (Å²) in [5.41, 5.74) is 1.65. The molecule has 3 amide bonds. The molecule has 2 aromatic rings. The maximum absolute atomic E-state index is 12.7. The number of carbonyl (C=O) groups is 3. The lowest BCUT2D eigenvalue weighted by molar-refractivity contribution is -0.123. The molecule has 0 radical (unpaired) electrons. The second-order valence-electron chi connectivity index (χ2n) is 7.02. The Labute approximate surface area is 162 Å². The number of carbonyl (C=O) groups excluding carboxylic acids is 3. The van der Waals surface area contributed by atoms with Gasteiger partial charge in [-0.15, -0.1) is 0 Å². The molecule has 1 fully saturated rings. The van der Waals surface area contributed by atoms with E-state index in [2.05, 4.69) is 10.6 Å². The third-order valence-corrected chi connectivity index (χ3v) is 4.75. The minimum atomic E-state index is -0.845. The standard InChI is InChI=1S/C21H21N3O4/c1-13(25)24-12-19(28-18-8-3-2-7-17(18)24)21(27)23-16-6-4-5-14(11-16)20(26)22-15-9-10-15/h2-8,11,15,19H,9-10,12H2,1H3,(H,22,26)(H,23,27)/t19-/m0/s1. The van der Waals surface area contributed by atoms with Crippen LogP contribution in [0.15, 0.2) is 48.5 Å². The van der Waals surface area contributed by atoms with Gasteiger partial charge >= 0.3 is 0 Å². The van der Waals surface area contributed by atoms with Crippen LogP contribution in [0.5, 0.6) is 5.75 Å². The Morgan fingerprint density at radius 1 is 1.07 bits per heavy atom. The van der Waals surface area contributed by atoms with Crippen molar-refractivity contribution in [2.45, 2.75) is 31.9 Å². The Kier molecular flexibility index (Phi) is 4.73. The molecule has 7 nitrogen and oxygen atoms in total. The molecule has 0 spiro atoms. The van der Waals surface area contributed by atoms with E-state index >= 15 is 0 Å². The molecular formula is C21H21N3O4. The largest absolute Gasteiger partial charge is 0.476 e. The zero-order valence-corrected chi connectivity index (χ0v) is 15.5. The van der Waals surface area contributed by atoms with Crippen molar-refractivity contribution in [1.82, 2.24) is 5.32 Å². The molecule has 1 aliphatic carbocycles. The molecule has 2 aliphatic rings. The Morgan fingerprint density at radius 2 is 1.86 bits per heavy atom. The van der Waals surface area contributed by atoms with Gasteiger partial charge in [0.15, 0.2) is 6.10 Å². The van der Waals surface area contributed by atoms with Gasteiger partial charge in [-0.3, -0.25) is 14.4 Å². The molecular weight excluding hydrogens is 358 g/mol. The summed E-state index contributed by atoms with van der Waals surface area (Å²) in [6.07, 6.45) is 1.17. The van der Waals surface area contributed by atoms with Gasteiger partial charge in [-0.05, 0) is 43.2 Å². The number of nitrogens with one attached hydrogen (secondary N) is 2. The number of ether oxygens (including phenoxy) is 1. The highest BCUT2D eigenvalue weighted by atomic mass is 16.5. The van der Waals surface area contributed by atoms with Gasteiger partial charge in [-0.1, -0.05) is 18.2 Å². The maximum Gasteiger partial charge on any atom is 0.267 e. The van der Waals surface area contributed by atoms with Crippen molar-refractivity contribution in [3.8, 4) is 5.75 Å². The smallest absolute Gasteiger partial charge is 0.267 e. The summed E-state index contributed by atoms with van der Waals surface area (Å²) in [6.45, 7) is 1.58. The molecule has 7 heteroatoms. The topological polar surface area (TPSA) is 87.7 Å². The van der Waals surface area contributed by atoms with E-state index < -0.39 is 6.10 Å². The number of hydrogen-bond donors (Lipinski definition) is 2. The van der Waals surface area contributed by atoms with Gasteiger partial charge in [-0.25, -0.2) is 0 Å². The van der Waals surface area contributed by atoms with Gasteiger partial charge in [0, 0.05) is 24.2 Å². The van der Waals surface area contributed by atoms with Crippen molar-refractivity contribution in [1.29, 1.82) is 0 Å². The zero-order chi connectivity index (χ0) is 19.7. The number of hydrogen-bond acceptors (Lipinski definition) is 4. The lowest BCUT2D eigenvalue weighted by atomic mass is 10.1. The van der Waals surface area contributed by atoms with Gasteiger partial charge in [0.1, 0.15) is 5.75 Å². The molecule has 1 heterocycles. The first-order chi connectivity index (χ1) is 13.5. The van der Waals surface area contributed by atoms with Crippen LogP contribution in [0, 0.1) is 0 Å². The summed E-state index contributed by atoms with van der Waals surface area (Å²) in [5.74, 6) is -0.196. The highest BCUT2D eigenvalue weighted by Crippen LogP contribution is 2.33. The first-order valence-corrected chi connectivity index (χ1v) is 9.27. The number of amides is 3. The normalized spacial score (nSPS) is 17.9. The molecule has 1 aliphatic heterocycles. The van der Waals surface area contributed by atoms with Gasteiger partial charge in [0.2, 0.25) is 5.91 Å². The first-order valence-electron chi connectivity index (χ1n) is 9.27. The number of para-hydroxylation sites is 2. The van der Waals surface area contributed by atoms with Crippen LogP contribution in [0.2, 0.25) is 0 Å². The summed E-state index contributed by atoms with van der Waals surface area (Å²) < 4.78 is 5.80. The van der Waals surface area contributed by atoms with Crippen molar-refractivity contribution in [2.24, 2.45) is 0 Å². The fraction of sp³-hybridized carbons (Fsp3) is 0.286. The van der Waals surface area contributed by atoms with Crippen LogP contribution in [-0.2, 0) is 9.59 Å². The third-order valence-electron chi connectivity index (χ3n) is 4.75. The van der Waals surface area contributed by atoms with Crippen molar-refractivity contribution < 1.29 is 19.1 Å². The number of anilines is 2. The summed E-state index contributed by atoms with van der Waals surface area (Å²) in [4.78, 5) is 38.5. The number of nitrogens with zero attached hydrogens (tertiary/aromatic N) is 1. The van der Waals surface area contributed by atoms with E-state index in [0.29, 0.717) is 22.7 Å². The van der Waals surface area contributed by atoms with E-state index in [-0.39, 0.29) is 30.3 Å². The fourth-order valence-electron chi connectivity index (χ4n) is 3.13. The number of benzene rings is 2. The summed E-state index contributed by atoms with van der Waals surface area (Å²) in [7, 11) is 0. The van der Waals surface area contributed by atoms with Crippen molar-refractivity contribution >= 4 is 29.1 Å². The van der Waals surface area contributed by atoms with E-state index in [9.17, 15) is 14.4 Å². The lowest BCUT2D eigenvalue weighted by Gasteiger charge is -2.33. The number of fused-ring (bicyclic) bond motifs is 1. The molecule has 0 saturated heterocycles. The average Bonchev–Trinajstić information content (AvgIpc) is 3.51. The van der Waals surface area contributed by atoms with Gasteiger partial charge in [-0.2, -0.15) is 0 Å². The average molecular weight is 379 g/mol. The van der Waals surface area contributed by atoms with E-state index in [1.165, 1.54) is 11.8 Å².